The van der Waals surface area contributed by atoms with E-state index in [0.29, 0.717) is 13.0 Å². The summed E-state index contributed by atoms with van der Waals surface area (Å²) in [7, 11) is 0. The molecule has 2 heteroatoms. The smallest absolute Gasteiger partial charge is 0.115 e. The van der Waals surface area contributed by atoms with Gasteiger partial charge in [0.05, 0.1) is 0 Å². The molecule has 0 saturated carbocycles. The Morgan fingerprint density at radius 2 is 2.45 bits per heavy atom. The number of alkyl halides is 1. The van der Waals surface area contributed by atoms with E-state index in [1.54, 1.807) is 0 Å². The van der Waals surface area contributed by atoms with Crippen molar-refractivity contribution in [1.29, 1.82) is 0 Å². The van der Waals surface area contributed by atoms with Crippen molar-refractivity contribution in [2.24, 2.45) is 0 Å². The minimum absolute atomic E-state index is 0.108. The first-order valence-electron chi connectivity index (χ1n) is 4.16. The maximum absolute atomic E-state index is 12.9. The highest BCUT2D eigenvalue weighted by atomic mass is 19.1. The van der Waals surface area contributed by atoms with Gasteiger partial charge in [-0.25, -0.2) is 4.39 Å². The Balaban J connectivity index is 2.19. The first-order valence-corrected chi connectivity index (χ1v) is 4.16. The van der Waals surface area contributed by atoms with Crippen LogP contribution in [-0.2, 0) is 0 Å². The van der Waals surface area contributed by atoms with Gasteiger partial charge in [0, 0.05) is 18.6 Å². The van der Waals surface area contributed by atoms with Gasteiger partial charge in [-0.1, -0.05) is 12.2 Å². The second kappa shape index (κ2) is 2.07. The average molecular weight is 155 g/mol. The predicted molar refractivity (Wildman–Crippen MR) is 43.2 cm³/mol. The molecule has 2 saturated heterocycles. The van der Waals surface area contributed by atoms with Crippen molar-refractivity contribution in [2.75, 3.05) is 13.1 Å². The fourth-order valence-electron chi connectivity index (χ4n) is 2.43. The van der Waals surface area contributed by atoms with Crippen molar-refractivity contribution in [3.05, 3.63) is 12.2 Å². The summed E-state index contributed by atoms with van der Waals surface area (Å²) in [5.74, 6) is 0. The summed E-state index contributed by atoms with van der Waals surface area (Å²) in [5, 5.41) is 0. The van der Waals surface area contributed by atoms with Crippen molar-refractivity contribution >= 4 is 0 Å². The van der Waals surface area contributed by atoms with Crippen LogP contribution in [0.3, 0.4) is 0 Å². The molecule has 1 nitrogen and oxygen atoms in total. The lowest BCUT2D eigenvalue weighted by Crippen LogP contribution is -2.34. The first-order chi connectivity index (χ1) is 5.10. The zero-order valence-electron chi connectivity index (χ0n) is 6.94. The van der Waals surface area contributed by atoms with E-state index < -0.39 is 6.17 Å². The molecule has 0 amide bonds. The molecule has 0 aromatic carbocycles. The summed E-state index contributed by atoms with van der Waals surface area (Å²) in [4.78, 5) is 2.22. The Hall–Kier alpha value is -0.370. The highest BCUT2D eigenvalue weighted by molar-refractivity contribution is 5.17. The van der Waals surface area contributed by atoms with E-state index in [0.717, 1.165) is 13.0 Å². The number of rotatable bonds is 0. The van der Waals surface area contributed by atoms with Gasteiger partial charge >= 0.3 is 0 Å². The lowest BCUT2D eigenvalue weighted by molar-refractivity contribution is 0.217. The third-order valence-electron chi connectivity index (χ3n) is 2.89. The lowest BCUT2D eigenvalue weighted by atomic mass is 9.95. The largest absolute Gasteiger partial charge is 0.291 e. The summed E-state index contributed by atoms with van der Waals surface area (Å²) in [6.45, 7) is 7.62. The van der Waals surface area contributed by atoms with Gasteiger partial charge in [-0.15, -0.1) is 0 Å². The molecule has 2 atom stereocenters. The Morgan fingerprint density at radius 3 is 3.09 bits per heavy atom. The number of fused-ring (bicyclic) bond motifs is 1. The topological polar surface area (TPSA) is 3.24 Å². The van der Waals surface area contributed by atoms with Gasteiger partial charge in [-0.05, 0) is 19.8 Å². The van der Waals surface area contributed by atoms with E-state index in [9.17, 15) is 4.39 Å². The highest BCUT2D eigenvalue weighted by Gasteiger charge is 2.46. The third kappa shape index (κ3) is 1.00. The van der Waals surface area contributed by atoms with Gasteiger partial charge in [0.15, 0.2) is 0 Å². The van der Waals surface area contributed by atoms with Crippen LogP contribution in [0, 0.1) is 0 Å². The summed E-state index contributed by atoms with van der Waals surface area (Å²) < 4.78 is 12.9. The summed E-state index contributed by atoms with van der Waals surface area (Å²) in [5.41, 5.74) is 1.37. The monoisotopic (exact) mass is 155 g/mol. The van der Waals surface area contributed by atoms with Crippen molar-refractivity contribution in [3.8, 4) is 0 Å². The normalized spacial score (nSPS) is 44.9. The van der Waals surface area contributed by atoms with E-state index in [1.807, 2.05) is 0 Å². The maximum atomic E-state index is 12.9. The van der Waals surface area contributed by atoms with Gasteiger partial charge in [0.25, 0.3) is 0 Å². The number of nitrogens with zero attached hydrogens (tertiary/aromatic N) is 1. The minimum Gasteiger partial charge on any atom is -0.291 e. The first kappa shape index (κ1) is 7.29. The van der Waals surface area contributed by atoms with Crippen LogP contribution in [0.25, 0.3) is 0 Å². The minimum atomic E-state index is -0.604. The number of hydrogen-bond acceptors (Lipinski definition) is 1. The molecule has 2 fully saturated rings. The number of halogens is 1. The van der Waals surface area contributed by atoms with Crippen LogP contribution in [0.2, 0.25) is 0 Å². The molecule has 11 heavy (non-hydrogen) atoms. The molecule has 0 unspecified atom stereocenters. The molecule has 0 aromatic rings. The van der Waals surface area contributed by atoms with Crippen LogP contribution >= 0.6 is 0 Å². The molecule has 0 spiro atoms. The van der Waals surface area contributed by atoms with Crippen LogP contribution in [-0.4, -0.2) is 29.7 Å². The second-order valence-corrected chi connectivity index (χ2v) is 4.11. The van der Waals surface area contributed by atoms with E-state index >= 15 is 0 Å². The second-order valence-electron chi connectivity index (χ2n) is 4.11. The van der Waals surface area contributed by atoms with Gasteiger partial charge in [0.2, 0.25) is 0 Å². The molecular weight excluding hydrogens is 141 g/mol. The molecule has 0 N–H and O–H groups in total. The molecule has 0 radical (unpaired) electrons. The Labute approximate surface area is 66.9 Å². The summed E-state index contributed by atoms with van der Waals surface area (Å²) >= 11 is 0. The summed E-state index contributed by atoms with van der Waals surface area (Å²) in [6, 6.07) is 0. The van der Waals surface area contributed by atoms with E-state index in [4.69, 9.17) is 0 Å². The Kier molecular flexibility index (Phi) is 1.37. The Bertz CT molecular complexity index is 202. The number of hydrogen-bond donors (Lipinski definition) is 0. The van der Waals surface area contributed by atoms with Crippen LogP contribution in [0.15, 0.2) is 12.2 Å². The van der Waals surface area contributed by atoms with Crippen LogP contribution in [0.1, 0.15) is 19.8 Å². The zero-order chi connectivity index (χ0) is 8.06. The molecular formula is C9H14FN. The van der Waals surface area contributed by atoms with Crippen LogP contribution in [0.4, 0.5) is 4.39 Å². The van der Waals surface area contributed by atoms with Gasteiger partial charge in [0.1, 0.15) is 6.17 Å². The van der Waals surface area contributed by atoms with E-state index in [2.05, 4.69) is 18.4 Å². The molecule has 2 aliphatic heterocycles. The third-order valence-corrected chi connectivity index (χ3v) is 2.89. The molecule has 0 bridgehead atoms. The highest BCUT2D eigenvalue weighted by Crippen LogP contribution is 2.41. The van der Waals surface area contributed by atoms with Crippen molar-refractivity contribution < 1.29 is 4.39 Å². The fourth-order valence-corrected chi connectivity index (χ4v) is 2.43. The molecule has 2 rings (SSSR count). The molecule has 62 valence electrons. The fraction of sp³-hybridized carbons (Fsp3) is 0.778. The molecule has 0 aliphatic carbocycles. The molecule has 0 aromatic heterocycles. The zero-order valence-corrected chi connectivity index (χ0v) is 6.94. The van der Waals surface area contributed by atoms with Gasteiger partial charge in [-0.3, -0.25) is 4.90 Å². The van der Waals surface area contributed by atoms with Gasteiger partial charge in [-0.2, -0.15) is 0 Å². The molecule has 2 heterocycles. The Morgan fingerprint density at radius 1 is 1.73 bits per heavy atom. The average Bonchev–Trinajstić information content (AvgIpc) is 2.16. The summed E-state index contributed by atoms with van der Waals surface area (Å²) in [6.07, 6.45) is 1.09. The van der Waals surface area contributed by atoms with Crippen molar-refractivity contribution in [2.45, 2.75) is 31.5 Å². The maximum Gasteiger partial charge on any atom is 0.115 e. The predicted octanol–water partition coefficient (Wildman–Crippen LogP) is 1.75. The standard InChI is InChI=1S/C9H14FN/c1-7-3-9(2)4-8(10)6-11(9)5-7/h8H,1,3-6H2,2H3/t8-,9+/m0/s1. The molecule has 2 aliphatic rings. The van der Waals surface area contributed by atoms with Crippen molar-refractivity contribution in [3.63, 3.8) is 0 Å². The lowest BCUT2D eigenvalue weighted by Gasteiger charge is -2.25. The SMILES string of the molecule is C=C1CN2C[C@@H](F)C[C@@]2(C)C1. The van der Waals surface area contributed by atoms with E-state index in [-0.39, 0.29) is 5.54 Å². The van der Waals surface area contributed by atoms with Gasteiger partial charge < -0.3 is 0 Å². The quantitative estimate of drug-likeness (QED) is 0.482. The van der Waals surface area contributed by atoms with Crippen molar-refractivity contribution in [1.82, 2.24) is 4.90 Å². The van der Waals surface area contributed by atoms with Crippen LogP contribution < -0.4 is 0 Å². The van der Waals surface area contributed by atoms with E-state index in [1.165, 1.54) is 5.57 Å². The van der Waals surface area contributed by atoms with Crippen LogP contribution in [0.5, 0.6) is 0 Å².